The van der Waals surface area contributed by atoms with Gasteiger partial charge in [0, 0.05) is 15.7 Å². The molecule has 0 radical (unpaired) electrons. The van der Waals surface area contributed by atoms with Crippen LogP contribution in [0.4, 0.5) is 0 Å². The van der Waals surface area contributed by atoms with Crippen LogP contribution in [0.3, 0.4) is 0 Å². The lowest BCUT2D eigenvalue weighted by molar-refractivity contribution is 1.22. The maximum Gasteiger partial charge on any atom is 0.266 e. The van der Waals surface area contributed by atoms with Gasteiger partial charge >= 0.3 is 0 Å². The highest BCUT2D eigenvalue weighted by atomic mass is 79.9. The van der Waals surface area contributed by atoms with Crippen molar-refractivity contribution in [3.8, 4) is 39.6 Å². The van der Waals surface area contributed by atoms with Gasteiger partial charge in [0.15, 0.2) is 0 Å². The molecular weight excluding hydrogens is 483 g/mol. The van der Waals surface area contributed by atoms with Crippen LogP contribution in [-0.2, 0) is 0 Å². The molecule has 0 fully saturated rings. The Hall–Kier alpha value is -2.84. The van der Waals surface area contributed by atoms with Gasteiger partial charge in [-0.2, -0.15) is 5.26 Å². The van der Waals surface area contributed by atoms with E-state index >= 15 is 0 Å². The van der Waals surface area contributed by atoms with E-state index in [-0.39, 0.29) is 5.56 Å². The molecule has 0 saturated heterocycles. The van der Waals surface area contributed by atoms with Gasteiger partial charge in [0.2, 0.25) is 0 Å². The molecule has 4 rings (SSSR count). The molecule has 1 heterocycles. The molecular formula is C24H13BrCl2N2O. The zero-order valence-corrected chi connectivity index (χ0v) is 18.5. The van der Waals surface area contributed by atoms with E-state index in [0.717, 1.165) is 21.2 Å². The van der Waals surface area contributed by atoms with E-state index in [9.17, 15) is 10.1 Å². The molecule has 1 N–H and O–H groups in total. The number of benzene rings is 3. The first kappa shape index (κ1) is 20.4. The maximum atomic E-state index is 12.6. The van der Waals surface area contributed by atoms with Gasteiger partial charge in [-0.15, -0.1) is 0 Å². The Morgan fingerprint density at radius 1 is 0.767 bits per heavy atom. The molecule has 0 aliphatic rings. The summed E-state index contributed by atoms with van der Waals surface area (Å²) in [5, 5.41) is 10.3. The number of H-pyrrole nitrogens is 1. The summed E-state index contributed by atoms with van der Waals surface area (Å²) < 4.78 is 1.02. The Morgan fingerprint density at radius 3 is 1.93 bits per heavy atom. The highest BCUT2D eigenvalue weighted by molar-refractivity contribution is 9.10. The van der Waals surface area contributed by atoms with Gasteiger partial charge in [0.1, 0.15) is 11.6 Å². The van der Waals surface area contributed by atoms with Crippen molar-refractivity contribution < 1.29 is 0 Å². The maximum absolute atomic E-state index is 12.6. The summed E-state index contributed by atoms with van der Waals surface area (Å²) in [6.45, 7) is 0. The first-order chi connectivity index (χ1) is 14.5. The summed E-state index contributed by atoms with van der Waals surface area (Å²) in [7, 11) is 0. The van der Waals surface area contributed by atoms with Crippen LogP contribution in [-0.4, -0.2) is 4.98 Å². The van der Waals surface area contributed by atoms with E-state index in [1.165, 1.54) is 0 Å². The van der Waals surface area contributed by atoms with Crippen molar-refractivity contribution in [3.63, 3.8) is 0 Å². The number of aromatic amines is 1. The molecule has 0 unspecified atom stereocenters. The summed E-state index contributed by atoms with van der Waals surface area (Å²) >= 11 is 15.6. The molecule has 0 aliphatic heterocycles. The molecule has 6 heteroatoms. The molecule has 0 bridgehead atoms. The largest absolute Gasteiger partial charge is 0.321 e. The fourth-order valence-corrected chi connectivity index (χ4v) is 3.76. The highest BCUT2D eigenvalue weighted by Crippen LogP contribution is 2.32. The lowest BCUT2D eigenvalue weighted by Crippen LogP contribution is -2.12. The molecule has 0 atom stereocenters. The van der Waals surface area contributed by atoms with Crippen LogP contribution in [0.2, 0.25) is 10.0 Å². The molecule has 3 nitrogen and oxygen atoms in total. The van der Waals surface area contributed by atoms with Gasteiger partial charge < -0.3 is 4.98 Å². The van der Waals surface area contributed by atoms with E-state index in [1.807, 2.05) is 54.6 Å². The van der Waals surface area contributed by atoms with Crippen molar-refractivity contribution in [2.45, 2.75) is 0 Å². The summed E-state index contributed by atoms with van der Waals surface area (Å²) in [6.07, 6.45) is 0. The lowest BCUT2D eigenvalue weighted by Gasteiger charge is -2.10. The van der Waals surface area contributed by atoms with Crippen molar-refractivity contribution in [3.05, 3.63) is 103 Å². The molecule has 1 aromatic heterocycles. The lowest BCUT2D eigenvalue weighted by atomic mass is 9.98. The van der Waals surface area contributed by atoms with Crippen LogP contribution < -0.4 is 5.56 Å². The number of aromatic nitrogens is 1. The molecule has 0 aliphatic carbocycles. The van der Waals surface area contributed by atoms with Crippen LogP contribution in [0, 0.1) is 11.3 Å². The van der Waals surface area contributed by atoms with Gasteiger partial charge in [-0.25, -0.2) is 0 Å². The monoisotopic (exact) mass is 494 g/mol. The Morgan fingerprint density at radius 2 is 1.33 bits per heavy atom. The Bertz CT molecular complexity index is 1340. The number of hydrogen-bond acceptors (Lipinski definition) is 2. The first-order valence-electron chi connectivity index (χ1n) is 8.95. The Kier molecular flexibility index (Phi) is 5.78. The Balaban J connectivity index is 1.79. The quantitative estimate of drug-likeness (QED) is 0.323. The van der Waals surface area contributed by atoms with Crippen molar-refractivity contribution in [2.24, 2.45) is 0 Å². The average molecular weight is 496 g/mol. The standard InChI is InChI=1S/C24H13BrCl2N2O/c25-18-8-5-15(6-9-18)14-1-3-16(4-2-14)23-12-19(20(13-28)24(30)29-23)17-7-10-21(26)22(27)11-17/h1-12H,(H,29,30). The van der Waals surface area contributed by atoms with Crippen LogP contribution in [0.5, 0.6) is 0 Å². The number of pyridine rings is 1. The summed E-state index contributed by atoms with van der Waals surface area (Å²) in [5.74, 6) is 0. The van der Waals surface area contributed by atoms with E-state index in [4.69, 9.17) is 23.2 Å². The minimum absolute atomic E-state index is 0.0311. The number of nitrogens with one attached hydrogen (secondary N) is 1. The number of nitriles is 1. The van der Waals surface area contributed by atoms with Gasteiger partial charge in [0.25, 0.3) is 5.56 Å². The normalized spacial score (nSPS) is 10.6. The van der Waals surface area contributed by atoms with Crippen molar-refractivity contribution >= 4 is 39.1 Å². The zero-order chi connectivity index (χ0) is 21.3. The first-order valence-corrected chi connectivity index (χ1v) is 10.5. The minimum atomic E-state index is -0.451. The predicted molar refractivity (Wildman–Crippen MR) is 126 cm³/mol. The summed E-state index contributed by atoms with van der Waals surface area (Å²) in [4.78, 5) is 15.4. The van der Waals surface area contributed by atoms with Crippen molar-refractivity contribution in [1.82, 2.24) is 4.98 Å². The second kappa shape index (κ2) is 8.49. The van der Waals surface area contributed by atoms with Crippen molar-refractivity contribution in [2.75, 3.05) is 0 Å². The van der Waals surface area contributed by atoms with Gasteiger partial charge in [-0.1, -0.05) is 81.6 Å². The summed E-state index contributed by atoms with van der Waals surface area (Å²) in [6, 6.07) is 24.7. The van der Waals surface area contributed by atoms with Crippen LogP contribution >= 0.6 is 39.1 Å². The molecule has 3 aromatic carbocycles. The molecule has 0 spiro atoms. The molecule has 146 valence electrons. The van der Waals surface area contributed by atoms with E-state index < -0.39 is 5.56 Å². The second-order valence-corrected chi connectivity index (χ2v) is 8.36. The Labute approximate surface area is 191 Å². The SMILES string of the molecule is N#Cc1c(-c2ccc(Cl)c(Cl)c2)cc(-c2ccc(-c3ccc(Br)cc3)cc2)[nH]c1=O. The van der Waals surface area contributed by atoms with E-state index in [1.54, 1.807) is 24.3 Å². The van der Waals surface area contributed by atoms with E-state index in [2.05, 4.69) is 20.9 Å². The van der Waals surface area contributed by atoms with Gasteiger partial charge in [-0.3, -0.25) is 4.79 Å². The predicted octanol–water partition coefficient (Wildman–Crippen LogP) is 7.32. The third-order valence-corrected chi connectivity index (χ3v) is 6.02. The fraction of sp³-hybridized carbons (Fsp3) is 0. The van der Waals surface area contributed by atoms with Crippen molar-refractivity contribution in [1.29, 1.82) is 5.26 Å². The number of hydrogen-bond donors (Lipinski definition) is 1. The van der Waals surface area contributed by atoms with Gasteiger partial charge in [0.05, 0.1) is 10.0 Å². The highest BCUT2D eigenvalue weighted by Gasteiger charge is 2.14. The minimum Gasteiger partial charge on any atom is -0.321 e. The third-order valence-electron chi connectivity index (χ3n) is 4.75. The van der Waals surface area contributed by atoms with E-state index in [0.29, 0.717) is 26.9 Å². The molecule has 0 amide bonds. The molecule has 30 heavy (non-hydrogen) atoms. The number of halogens is 3. The topological polar surface area (TPSA) is 56.6 Å². The molecule has 4 aromatic rings. The smallest absolute Gasteiger partial charge is 0.266 e. The summed E-state index contributed by atoms with van der Waals surface area (Å²) in [5.41, 5.74) is 4.34. The van der Waals surface area contributed by atoms with Crippen LogP contribution in [0.15, 0.2) is 82.1 Å². The molecule has 0 saturated carbocycles. The van der Waals surface area contributed by atoms with Gasteiger partial charge in [-0.05, 0) is 52.6 Å². The average Bonchev–Trinajstić information content (AvgIpc) is 2.76. The van der Waals surface area contributed by atoms with Crippen LogP contribution in [0.25, 0.3) is 33.5 Å². The van der Waals surface area contributed by atoms with Crippen LogP contribution in [0.1, 0.15) is 5.56 Å². The second-order valence-electron chi connectivity index (χ2n) is 6.63. The fourth-order valence-electron chi connectivity index (χ4n) is 3.20. The number of nitrogens with zero attached hydrogens (tertiary/aromatic N) is 1. The number of rotatable bonds is 3. The zero-order valence-electron chi connectivity index (χ0n) is 15.4. The third kappa shape index (κ3) is 4.06.